The van der Waals surface area contributed by atoms with Crippen LogP contribution in [0.15, 0.2) is 48.8 Å². The number of alkyl carbamates (subject to hydrolysis) is 2. The summed E-state index contributed by atoms with van der Waals surface area (Å²) in [5.41, 5.74) is 10.3. The van der Waals surface area contributed by atoms with Gasteiger partial charge in [0.25, 0.3) is 0 Å². The van der Waals surface area contributed by atoms with E-state index in [0.717, 1.165) is 87.4 Å². The Morgan fingerprint density at radius 3 is 1.52 bits per heavy atom. The zero-order valence-electron chi connectivity index (χ0n) is 37.7. The molecule has 0 spiro atoms. The highest BCUT2D eigenvalue weighted by molar-refractivity contribution is 5.89. The zero-order valence-corrected chi connectivity index (χ0v) is 37.7. The first-order chi connectivity index (χ1) is 29.7. The Morgan fingerprint density at radius 2 is 1.06 bits per heavy atom. The van der Waals surface area contributed by atoms with Crippen molar-refractivity contribution in [1.82, 2.24) is 40.4 Å². The minimum Gasteiger partial charge on any atom is -0.453 e. The largest absolute Gasteiger partial charge is 0.453 e. The number of hydrogen-bond acceptors (Lipinski definition) is 8. The number of aromatic nitrogens is 4. The minimum absolute atomic E-state index is 0.122. The maximum atomic E-state index is 13.8. The smallest absolute Gasteiger partial charge is 0.407 e. The molecule has 2 fully saturated rings. The molecule has 4 amide bonds. The van der Waals surface area contributed by atoms with Crippen LogP contribution < -0.4 is 10.6 Å². The molecule has 0 bridgehead atoms. The van der Waals surface area contributed by atoms with Crippen LogP contribution in [0.2, 0.25) is 0 Å². The van der Waals surface area contributed by atoms with Crippen LogP contribution in [0.3, 0.4) is 0 Å². The molecule has 2 aliphatic rings. The third-order valence-corrected chi connectivity index (χ3v) is 12.2. The number of likely N-dealkylation sites (tertiary alicyclic amines) is 2. The van der Waals surface area contributed by atoms with E-state index in [9.17, 15) is 19.2 Å². The van der Waals surface area contributed by atoms with Crippen LogP contribution in [-0.4, -0.2) is 93.1 Å². The molecular weight excluding hydrogens is 785 g/mol. The number of hydrogen-bond donors (Lipinski definition) is 4. The van der Waals surface area contributed by atoms with Crippen LogP contribution in [0.25, 0.3) is 45.8 Å². The molecule has 2 saturated heterocycles. The highest BCUT2D eigenvalue weighted by Gasteiger charge is 2.39. The van der Waals surface area contributed by atoms with Crippen LogP contribution in [-0.2, 0) is 19.1 Å². The minimum atomic E-state index is -0.710. The number of carbonyl (C=O) groups excluding carboxylic acids is 4. The maximum Gasteiger partial charge on any atom is 0.407 e. The quantitative estimate of drug-likeness (QED) is 0.103. The van der Waals surface area contributed by atoms with Crippen LogP contribution >= 0.6 is 0 Å². The summed E-state index contributed by atoms with van der Waals surface area (Å²) in [7, 11) is 2.59. The molecule has 330 valence electrons. The van der Waals surface area contributed by atoms with Crippen LogP contribution in [0.4, 0.5) is 9.59 Å². The van der Waals surface area contributed by atoms with Crippen molar-refractivity contribution >= 4 is 36.2 Å². The molecule has 4 atom stereocenters. The lowest BCUT2D eigenvalue weighted by Crippen LogP contribution is -2.51. The summed E-state index contributed by atoms with van der Waals surface area (Å²) >= 11 is 0. The standard InChI is InChI=1S/C48H62N8O6/c1-11-15-31-30(8)34(37-25-49-43(51-37)39-17-13-23-55(39)45(57)41(27(3)4)53-47(59)61-9)20-21-35(31)33-19-22-36(32(16-12-2)29(33)7)38-26-50-44(52-38)40-18-14-24-56(40)46(58)42(28(5)6)54-48(60)62-10/h11-12,15-16,19-22,25-28,39-42H,13-14,17-18,23-24H2,1-10H3,(H,49,51)(H,50,52)(H,53,59)(H,54,60)/b15-11-,16-12-/t39-,40-,41-,42-/m0/s1. The number of benzene rings is 2. The number of imidazole rings is 2. The van der Waals surface area contributed by atoms with Crippen molar-refractivity contribution in [1.29, 1.82) is 0 Å². The molecule has 0 unspecified atom stereocenters. The molecule has 2 aromatic carbocycles. The average molecular weight is 847 g/mol. The van der Waals surface area contributed by atoms with E-state index in [1.807, 2.05) is 69.8 Å². The summed E-state index contributed by atoms with van der Waals surface area (Å²) in [6, 6.07) is 6.68. The second-order valence-electron chi connectivity index (χ2n) is 16.9. The van der Waals surface area contributed by atoms with Crippen molar-refractivity contribution < 1.29 is 28.7 Å². The third-order valence-electron chi connectivity index (χ3n) is 12.2. The fourth-order valence-electron chi connectivity index (χ4n) is 8.94. The van der Waals surface area contributed by atoms with Gasteiger partial charge in [0.15, 0.2) is 0 Å². The van der Waals surface area contributed by atoms with Crippen LogP contribution in [0.5, 0.6) is 0 Å². The molecule has 62 heavy (non-hydrogen) atoms. The summed E-state index contributed by atoms with van der Waals surface area (Å²) < 4.78 is 9.61. The third kappa shape index (κ3) is 9.19. The molecule has 0 aliphatic carbocycles. The number of allylic oxidation sites excluding steroid dienone is 2. The van der Waals surface area contributed by atoms with Crippen LogP contribution in [0, 0.1) is 25.7 Å². The van der Waals surface area contributed by atoms with E-state index in [1.54, 1.807) is 0 Å². The fraction of sp³-hybridized carbons (Fsp3) is 0.458. The SMILES string of the molecule is C/C=C\c1c(-c2cnc([C@@H]3CCCN3C(=O)[C@@H](NC(=O)OC)C(C)C)[nH]2)ccc(-c2ccc(-c3cnc([C@@H]4CCCN4C(=O)[C@@H](NC(=O)OC)C(C)C)[nH]3)c(C)c2/C=C\C)c1C. The summed E-state index contributed by atoms with van der Waals surface area (Å²) in [4.78, 5) is 72.1. The number of nitrogens with one attached hydrogen (secondary N) is 4. The van der Waals surface area contributed by atoms with Gasteiger partial charge in [0.05, 0.1) is 50.1 Å². The topological polar surface area (TPSA) is 175 Å². The molecule has 0 radical (unpaired) electrons. The van der Waals surface area contributed by atoms with Gasteiger partial charge in [-0.2, -0.15) is 0 Å². The van der Waals surface area contributed by atoms with Gasteiger partial charge in [-0.25, -0.2) is 19.6 Å². The van der Waals surface area contributed by atoms with Crippen molar-refractivity contribution in [2.24, 2.45) is 11.8 Å². The van der Waals surface area contributed by atoms with E-state index in [4.69, 9.17) is 19.4 Å². The van der Waals surface area contributed by atoms with Gasteiger partial charge in [-0.15, -0.1) is 0 Å². The van der Waals surface area contributed by atoms with Crippen molar-refractivity contribution in [3.63, 3.8) is 0 Å². The Labute approximate surface area is 365 Å². The van der Waals surface area contributed by atoms with Gasteiger partial charge < -0.3 is 39.9 Å². The normalized spacial score (nSPS) is 17.7. The highest BCUT2D eigenvalue weighted by atomic mass is 16.5. The molecule has 14 heteroatoms. The predicted octanol–water partition coefficient (Wildman–Crippen LogP) is 8.91. The highest BCUT2D eigenvalue weighted by Crippen LogP contribution is 2.40. The lowest BCUT2D eigenvalue weighted by atomic mass is 9.86. The molecule has 2 aromatic heterocycles. The molecular formula is C48H62N8O6. The number of amides is 4. The van der Waals surface area contributed by atoms with E-state index < -0.39 is 24.3 Å². The Kier molecular flexibility index (Phi) is 14.4. The molecule has 14 nitrogen and oxygen atoms in total. The Hall–Kier alpha value is -6.18. The van der Waals surface area contributed by atoms with E-state index in [2.05, 4.69) is 76.9 Å². The van der Waals surface area contributed by atoms with E-state index in [0.29, 0.717) is 18.9 Å². The number of carbonyl (C=O) groups is 4. The van der Waals surface area contributed by atoms with Crippen molar-refractivity contribution in [2.45, 2.75) is 105 Å². The summed E-state index contributed by atoms with van der Waals surface area (Å²) in [6.45, 7) is 17.1. The van der Waals surface area contributed by atoms with E-state index in [-0.39, 0.29) is 35.7 Å². The first-order valence-electron chi connectivity index (χ1n) is 21.7. The second-order valence-corrected chi connectivity index (χ2v) is 16.9. The second kappa shape index (κ2) is 19.7. The lowest BCUT2D eigenvalue weighted by Gasteiger charge is -2.30. The molecule has 6 rings (SSSR count). The Balaban J connectivity index is 1.29. The summed E-state index contributed by atoms with van der Waals surface area (Å²) in [5.74, 6) is 0.890. The fourth-order valence-corrected chi connectivity index (χ4v) is 8.94. The van der Waals surface area contributed by atoms with Gasteiger partial charge in [0, 0.05) is 24.2 Å². The Bertz CT molecular complexity index is 2340. The van der Waals surface area contributed by atoms with Gasteiger partial charge in [0.2, 0.25) is 11.8 Å². The molecule has 0 saturated carbocycles. The number of methoxy groups -OCH3 is 2. The summed E-state index contributed by atoms with van der Waals surface area (Å²) in [5, 5.41) is 5.44. The lowest BCUT2D eigenvalue weighted by molar-refractivity contribution is -0.136. The van der Waals surface area contributed by atoms with Gasteiger partial charge in [-0.1, -0.05) is 76.3 Å². The number of H-pyrrole nitrogens is 2. The summed E-state index contributed by atoms with van der Waals surface area (Å²) in [6.07, 6.45) is 14.0. The van der Waals surface area contributed by atoms with Gasteiger partial charge >= 0.3 is 12.2 Å². The Morgan fingerprint density at radius 1 is 0.661 bits per heavy atom. The molecule has 4 N–H and O–H groups in total. The van der Waals surface area contributed by atoms with E-state index in [1.165, 1.54) is 14.2 Å². The van der Waals surface area contributed by atoms with Crippen molar-refractivity contribution in [3.8, 4) is 33.6 Å². The number of aromatic amines is 2. The van der Waals surface area contributed by atoms with Crippen molar-refractivity contribution in [3.05, 3.63) is 82.7 Å². The molecule has 4 aromatic rings. The van der Waals surface area contributed by atoms with Gasteiger partial charge in [-0.05, 0) is 98.6 Å². The number of ether oxygens (including phenoxy) is 2. The van der Waals surface area contributed by atoms with Gasteiger partial charge in [-0.3, -0.25) is 9.59 Å². The van der Waals surface area contributed by atoms with E-state index >= 15 is 0 Å². The predicted molar refractivity (Wildman–Crippen MR) is 242 cm³/mol. The monoisotopic (exact) mass is 846 g/mol. The zero-order chi connectivity index (χ0) is 44.8. The first kappa shape index (κ1) is 45.3. The maximum absolute atomic E-state index is 13.8. The first-order valence-corrected chi connectivity index (χ1v) is 21.7. The molecule has 2 aliphatic heterocycles. The molecule has 4 heterocycles. The number of nitrogens with zero attached hydrogens (tertiary/aromatic N) is 4. The van der Waals surface area contributed by atoms with Crippen LogP contribution in [0.1, 0.15) is 113 Å². The van der Waals surface area contributed by atoms with Crippen molar-refractivity contribution in [2.75, 3.05) is 27.3 Å². The van der Waals surface area contributed by atoms with Gasteiger partial charge in [0.1, 0.15) is 23.7 Å². The number of rotatable bonds is 13. The average Bonchev–Trinajstić information content (AvgIpc) is 4.10.